The van der Waals surface area contributed by atoms with E-state index < -0.39 is 12.5 Å². The van der Waals surface area contributed by atoms with E-state index >= 15 is 0 Å². The van der Waals surface area contributed by atoms with Crippen LogP contribution in [0, 0.1) is 5.92 Å². The summed E-state index contributed by atoms with van der Waals surface area (Å²) in [6.45, 7) is 1.22. The van der Waals surface area contributed by atoms with Crippen LogP contribution in [0.4, 0.5) is 0 Å². The molecule has 0 unspecified atom stereocenters. The largest absolute Gasteiger partial charge is 0.480 e. The van der Waals surface area contributed by atoms with Crippen molar-refractivity contribution < 1.29 is 14.7 Å². The molecule has 1 amide bonds. The lowest BCUT2D eigenvalue weighted by Gasteiger charge is -2.30. The quantitative estimate of drug-likeness (QED) is 0.297. The topological polar surface area (TPSA) is 82.0 Å². The van der Waals surface area contributed by atoms with Crippen molar-refractivity contribution in [2.45, 2.75) is 83.2 Å². The van der Waals surface area contributed by atoms with Crippen molar-refractivity contribution >= 4 is 30.7 Å². The second kappa shape index (κ2) is 15.1. The number of hydrogen-bond donors (Lipinski definition) is 3. The second-order valence-corrected chi connectivity index (χ2v) is 9.23. The molecule has 0 aliphatic heterocycles. The Morgan fingerprint density at radius 2 is 1.59 bits per heavy atom. The first kappa shape index (κ1) is 26.4. The molecule has 1 aromatic rings. The Bertz CT molecular complexity index is 686. The molecular formula is C25H39N3O3S. The van der Waals surface area contributed by atoms with Gasteiger partial charge in [-0.3, -0.25) is 9.59 Å². The Kier molecular flexibility index (Phi) is 12.4. The van der Waals surface area contributed by atoms with Gasteiger partial charge in [0.1, 0.15) is 6.54 Å². The summed E-state index contributed by atoms with van der Waals surface area (Å²) in [5.74, 6) is -1.50. The molecule has 6 nitrogen and oxygen atoms in total. The van der Waals surface area contributed by atoms with Gasteiger partial charge in [-0.15, -0.1) is 0 Å². The van der Waals surface area contributed by atoms with Gasteiger partial charge < -0.3 is 10.4 Å². The lowest BCUT2D eigenvalue weighted by molar-refractivity contribution is -0.145. The van der Waals surface area contributed by atoms with Gasteiger partial charge in [-0.25, -0.2) is 5.01 Å². The van der Waals surface area contributed by atoms with Crippen LogP contribution >= 0.6 is 12.6 Å². The number of carboxylic acid groups (broad SMARTS) is 1. The van der Waals surface area contributed by atoms with Crippen LogP contribution in [0.25, 0.3) is 0 Å². The Labute approximate surface area is 198 Å². The van der Waals surface area contributed by atoms with Crippen molar-refractivity contribution in [3.8, 4) is 0 Å². The molecule has 1 atom stereocenters. The van der Waals surface area contributed by atoms with Crippen LogP contribution < -0.4 is 5.32 Å². The summed E-state index contributed by atoms with van der Waals surface area (Å²) in [7, 11) is 0. The van der Waals surface area contributed by atoms with E-state index in [1.54, 1.807) is 6.92 Å². The van der Waals surface area contributed by atoms with Crippen LogP contribution in [-0.4, -0.2) is 52.6 Å². The van der Waals surface area contributed by atoms with Crippen molar-refractivity contribution in [1.82, 2.24) is 10.3 Å². The predicted molar refractivity (Wildman–Crippen MR) is 133 cm³/mol. The van der Waals surface area contributed by atoms with Crippen LogP contribution in [0.3, 0.4) is 0 Å². The third-order valence-electron chi connectivity index (χ3n) is 6.06. The SMILES string of the molecule is C1CCC(NC2CCCCC2)CC1.C[C@H](CS)C(=O)N(CC(=O)O)N=Cc1ccccc1. The molecule has 0 aromatic heterocycles. The van der Waals surface area contributed by atoms with Crippen LogP contribution in [-0.2, 0) is 9.59 Å². The summed E-state index contributed by atoms with van der Waals surface area (Å²) in [5, 5.41) is 17.6. The number of carboxylic acids is 1. The number of hydrogen-bond acceptors (Lipinski definition) is 5. The Balaban J connectivity index is 0.000000242. The number of nitrogens with one attached hydrogen (secondary N) is 1. The predicted octanol–water partition coefficient (Wildman–Crippen LogP) is 4.74. The molecule has 0 saturated heterocycles. The van der Waals surface area contributed by atoms with E-state index in [0.717, 1.165) is 22.7 Å². The lowest BCUT2D eigenvalue weighted by Crippen LogP contribution is -2.40. The molecular weight excluding hydrogens is 422 g/mol. The number of nitrogens with zero attached hydrogens (tertiary/aromatic N) is 2. The van der Waals surface area contributed by atoms with Gasteiger partial charge in [-0.1, -0.05) is 75.8 Å². The molecule has 0 spiro atoms. The van der Waals surface area contributed by atoms with E-state index in [1.807, 2.05) is 30.3 Å². The second-order valence-electron chi connectivity index (χ2n) is 8.87. The number of thiol groups is 1. The van der Waals surface area contributed by atoms with Crippen LogP contribution in [0.15, 0.2) is 35.4 Å². The highest BCUT2D eigenvalue weighted by atomic mass is 32.1. The molecule has 0 heterocycles. The zero-order valence-corrected chi connectivity index (χ0v) is 20.2. The Hall–Kier alpha value is -1.86. The lowest BCUT2D eigenvalue weighted by atomic mass is 9.91. The van der Waals surface area contributed by atoms with Crippen molar-refractivity contribution in [1.29, 1.82) is 0 Å². The van der Waals surface area contributed by atoms with Gasteiger partial charge >= 0.3 is 5.97 Å². The fourth-order valence-corrected chi connectivity index (χ4v) is 4.34. The fourth-order valence-electron chi connectivity index (χ4n) is 4.18. The maximum atomic E-state index is 11.9. The molecule has 1 aromatic carbocycles. The Morgan fingerprint density at radius 3 is 2.06 bits per heavy atom. The number of aliphatic carboxylic acids is 1. The van der Waals surface area contributed by atoms with E-state index in [0.29, 0.717) is 5.75 Å². The fraction of sp³-hybridized carbons (Fsp3) is 0.640. The number of carbonyl (C=O) groups is 2. The van der Waals surface area contributed by atoms with Gasteiger partial charge in [0.25, 0.3) is 0 Å². The van der Waals surface area contributed by atoms with Gasteiger partial charge in [0.2, 0.25) is 5.91 Å². The zero-order valence-electron chi connectivity index (χ0n) is 19.3. The summed E-state index contributed by atoms with van der Waals surface area (Å²) in [6, 6.07) is 10.9. The molecule has 2 N–H and O–H groups in total. The summed E-state index contributed by atoms with van der Waals surface area (Å²) >= 11 is 4.03. The maximum absolute atomic E-state index is 11.9. The van der Waals surface area contributed by atoms with Crippen LogP contribution in [0.2, 0.25) is 0 Å². The molecule has 2 aliphatic rings. The summed E-state index contributed by atoms with van der Waals surface area (Å²) in [5.41, 5.74) is 0.796. The van der Waals surface area contributed by atoms with Crippen molar-refractivity contribution in [2.24, 2.45) is 11.0 Å². The van der Waals surface area contributed by atoms with Crippen LogP contribution in [0.5, 0.6) is 0 Å². The average Bonchev–Trinajstić information content (AvgIpc) is 2.83. The number of hydrazone groups is 1. The average molecular weight is 462 g/mol. The standard InChI is InChI=1S/C13H16N2O3S.C12H23N/c1-10(9-19)13(18)15(8-12(16)17)14-7-11-5-3-2-4-6-11;1-3-7-11(8-4-1)13-12-9-5-2-6-10-12/h2-7,10,19H,8-9H2,1H3,(H,16,17);11-13H,1-10H2/t10-;/m1./s1. The molecule has 0 radical (unpaired) electrons. The van der Waals surface area contributed by atoms with Gasteiger partial charge in [-0.2, -0.15) is 17.7 Å². The highest BCUT2D eigenvalue weighted by Crippen LogP contribution is 2.22. The monoisotopic (exact) mass is 461 g/mol. The number of amides is 1. The highest BCUT2D eigenvalue weighted by Gasteiger charge is 2.21. The molecule has 7 heteroatoms. The maximum Gasteiger partial charge on any atom is 0.325 e. The molecule has 2 fully saturated rings. The van der Waals surface area contributed by atoms with Gasteiger partial charge in [0.05, 0.1) is 6.21 Å². The Morgan fingerprint density at radius 1 is 1.06 bits per heavy atom. The van der Waals surface area contributed by atoms with Gasteiger partial charge in [0, 0.05) is 23.8 Å². The van der Waals surface area contributed by atoms with Gasteiger partial charge in [0.15, 0.2) is 0 Å². The molecule has 3 rings (SSSR count). The van der Waals surface area contributed by atoms with E-state index in [-0.39, 0.29) is 11.8 Å². The van der Waals surface area contributed by atoms with Crippen molar-refractivity contribution in [2.75, 3.05) is 12.3 Å². The highest BCUT2D eigenvalue weighted by molar-refractivity contribution is 7.80. The first-order chi connectivity index (χ1) is 15.5. The molecule has 2 aliphatic carbocycles. The zero-order chi connectivity index (χ0) is 23.2. The number of benzene rings is 1. The minimum atomic E-state index is -1.11. The smallest absolute Gasteiger partial charge is 0.325 e. The van der Waals surface area contributed by atoms with E-state index in [4.69, 9.17) is 5.11 Å². The van der Waals surface area contributed by atoms with Crippen molar-refractivity contribution in [3.05, 3.63) is 35.9 Å². The number of carbonyl (C=O) groups excluding carboxylic acids is 1. The summed E-state index contributed by atoms with van der Waals surface area (Å²) in [6.07, 6.45) is 16.0. The summed E-state index contributed by atoms with van der Waals surface area (Å²) in [4.78, 5) is 22.7. The van der Waals surface area contributed by atoms with Crippen molar-refractivity contribution in [3.63, 3.8) is 0 Å². The minimum absolute atomic E-state index is 0.343. The third-order valence-corrected chi connectivity index (χ3v) is 6.61. The summed E-state index contributed by atoms with van der Waals surface area (Å²) < 4.78 is 0. The molecule has 178 valence electrons. The van der Waals surface area contributed by atoms with Crippen LogP contribution in [0.1, 0.15) is 76.7 Å². The third kappa shape index (κ3) is 10.2. The molecule has 2 saturated carbocycles. The minimum Gasteiger partial charge on any atom is -0.480 e. The van der Waals surface area contributed by atoms with E-state index in [2.05, 4.69) is 23.0 Å². The molecule has 32 heavy (non-hydrogen) atoms. The van der Waals surface area contributed by atoms with E-state index in [9.17, 15) is 9.59 Å². The van der Waals surface area contributed by atoms with Gasteiger partial charge in [-0.05, 0) is 31.2 Å². The normalized spacial score (nSPS) is 18.6. The first-order valence-corrected chi connectivity index (χ1v) is 12.6. The molecule has 0 bridgehead atoms. The van der Waals surface area contributed by atoms with E-state index in [1.165, 1.54) is 70.4 Å². The first-order valence-electron chi connectivity index (χ1n) is 12.0. The number of rotatable bonds is 8.